The van der Waals surface area contributed by atoms with Crippen LogP contribution in [-0.2, 0) is 11.0 Å². The molecule has 0 bridgehead atoms. The van der Waals surface area contributed by atoms with Crippen molar-refractivity contribution in [2.45, 2.75) is 35.9 Å². The predicted octanol–water partition coefficient (Wildman–Crippen LogP) is 2.42. The molecule has 0 fully saturated rings. The molecule has 4 nitrogen and oxygen atoms in total. The van der Waals surface area contributed by atoms with Crippen LogP contribution >= 0.6 is 11.8 Å². The highest BCUT2D eigenvalue weighted by atomic mass is 32.2. The number of carboxylic acids is 1. The van der Waals surface area contributed by atoms with Gasteiger partial charge in [-0.15, -0.1) is 0 Å². The SMILES string of the molecule is C[C@@H](O)C[C@@H](Sc1ccc(C(F)(F)F)cn1)C(=O)O. The van der Waals surface area contributed by atoms with Crippen LogP contribution < -0.4 is 0 Å². The Morgan fingerprint density at radius 2 is 2.11 bits per heavy atom. The molecule has 0 saturated heterocycles. The summed E-state index contributed by atoms with van der Waals surface area (Å²) in [6.07, 6.45) is -4.64. The number of aliphatic hydroxyl groups excluding tert-OH is 1. The van der Waals surface area contributed by atoms with Gasteiger partial charge < -0.3 is 10.2 Å². The zero-order valence-electron chi connectivity index (χ0n) is 9.89. The zero-order valence-corrected chi connectivity index (χ0v) is 10.7. The number of aliphatic carboxylic acids is 1. The quantitative estimate of drug-likeness (QED) is 0.816. The van der Waals surface area contributed by atoms with Crippen LogP contribution in [0.4, 0.5) is 13.2 Å². The lowest BCUT2D eigenvalue weighted by atomic mass is 10.2. The number of thioether (sulfide) groups is 1. The molecule has 1 heterocycles. The summed E-state index contributed by atoms with van der Waals surface area (Å²) in [6, 6.07) is 1.96. The van der Waals surface area contributed by atoms with E-state index in [2.05, 4.69) is 4.98 Å². The van der Waals surface area contributed by atoms with Crippen molar-refractivity contribution < 1.29 is 28.2 Å². The molecule has 1 aromatic rings. The molecule has 0 radical (unpaired) electrons. The van der Waals surface area contributed by atoms with Crippen LogP contribution in [0.15, 0.2) is 23.4 Å². The molecule has 106 valence electrons. The molecule has 2 N–H and O–H groups in total. The number of aromatic nitrogens is 1. The van der Waals surface area contributed by atoms with Crippen LogP contribution in [0.1, 0.15) is 18.9 Å². The van der Waals surface area contributed by atoms with Crippen LogP contribution in [0, 0.1) is 0 Å². The lowest BCUT2D eigenvalue weighted by Gasteiger charge is -2.13. The number of alkyl halides is 3. The fourth-order valence-corrected chi connectivity index (χ4v) is 2.30. The summed E-state index contributed by atoms with van der Waals surface area (Å²) in [4.78, 5) is 14.5. The molecule has 1 aromatic heterocycles. The fraction of sp³-hybridized carbons (Fsp3) is 0.455. The Morgan fingerprint density at radius 3 is 2.47 bits per heavy atom. The Hall–Kier alpha value is -1.28. The van der Waals surface area contributed by atoms with Gasteiger partial charge in [0.2, 0.25) is 0 Å². The molecule has 0 amide bonds. The largest absolute Gasteiger partial charge is 0.480 e. The third kappa shape index (κ3) is 5.07. The molecule has 1 rings (SSSR count). The second kappa shape index (κ2) is 6.25. The highest BCUT2D eigenvalue weighted by Gasteiger charge is 2.31. The Morgan fingerprint density at radius 1 is 1.47 bits per heavy atom. The minimum Gasteiger partial charge on any atom is -0.480 e. The smallest absolute Gasteiger partial charge is 0.417 e. The molecule has 0 aliphatic carbocycles. The molecule has 0 aromatic carbocycles. The summed E-state index contributed by atoms with van der Waals surface area (Å²) >= 11 is 0.806. The van der Waals surface area contributed by atoms with E-state index in [0.29, 0.717) is 6.20 Å². The third-order valence-corrected chi connectivity index (χ3v) is 3.32. The number of hydrogen-bond donors (Lipinski definition) is 2. The monoisotopic (exact) mass is 295 g/mol. The lowest BCUT2D eigenvalue weighted by Crippen LogP contribution is -2.21. The molecule has 0 aliphatic rings. The number of halogens is 3. The van der Waals surface area contributed by atoms with Gasteiger partial charge in [0.05, 0.1) is 16.7 Å². The number of carboxylic acid groups (broad SMARTS) is 1. The Kier molecular flexibility index (Phi) is 5.19. The molecule has 8 heteroatoms. The first-order valence-corrected chi connectivity index (χ1v) is 6.19. The van der Waals surface area contributed by atoms with Gasteiger partial charge in [0.25, 0.3) is 0 Å². The number of aliphatic hydroxyl groups is 1. The third-order valence-electron chi connectivity index (χ3n) is 2.16. The van der Waals surface area contributed by atoms with E-state index in [1.54, 1.807) is 0 Å². The molecule has 0 saturated carbocycles. The van der Waals surface area contributed by atoms with Gasteiger partial charge in [-0.25, -0.2) is 4.98 Å². The van der Waals surface area contributed by atoms with Crippen LogP contribution in [-0.4, -0.2) is 32.5 Å². The normalized spacial score (nSPS) is 15.0. The first-order chi connectivity index (χ1) is 8.70. The lowest BCUT2D eigenvalue weighted by molar-refractivity contribution is -0.138. The Bertz CT molecular complexity index is 434. The van der Waals surface area contributed by atoms with Gasteiger partial charge in [-0.1, -0.05) is 11.8 Å². The highest BCUT2D eigenvalue weighted by molar-refractivity contribution is 8.00. The van der Waals surface area contributed by atoms with Crippen molar-refractivity contribution in [3.05, 3.63) is 23.9 Å². The summed E-state index contributed by atoms with van der Waals surface area (Å²) in [5.74, 6) is -1.15. The van der Waals surface area contributed by atoms with Crippen LogP contribution in [0.25, 0.3) is 0 Å². The molecular weight excluding hydrogens is 283 g/mol. The van der Waals surface area contributed by atoms with Crippen molar-refractivity contribution in [3.8, 4) is 0 Å². The second-order valence-corrected chi connectivity index (χ2v) is 5.14. The van der Waals surface area contributed by atoms with Crippen LogP contribution in [0.3, 0.4) is 0 Å². The molecular formula is C11H12F3NO3S. The second-order valence-electron chi connectivity index (χ2n) is 3.91. The standard InChI is InChI=1S/C11H12F3NO3S/c1-6(16)4-8(10(17)18)19-9-3-2-7(5-15-9)11(12,13)14/h2-3,5-6,8,16H,4H2,1H3,(H,17,18)/t6-,8-/m1/s1. The summed E-state index contributed by atoms with van der Waals surface area (Å²) < 4.78 is 36.9. The minimum absolute atomic E-state index is 0.0112. The van der Waals surface area contributed by atoms with E-state index < -0.39 is 29.1 Å². The summed E-state index contributed by atoms with van der Waals surface area (Å²) in [6.45, 7) is 1.44. The number of rotatable bonds is 5. The van der Waals surface area contributed by atoms with Crippen LogP contribution in [0.5, 0.6) is 0 Å². The zero-order chi connectivity index (χ0) is 14.6. The van der Waals surface area contributed by atoms with Gasteiger partial charge in [0.1, 0.15) is 5.25 Å². The average Bonchev–Trinajstić information content (AvgIpc) is 2.27. The van der Waals surface area contributed by atoms with Crippen molar-refractivity contribution in [1.29, 1.82) is 0 Å². The van der Waals surface area contributed by atoms with E-state index >= 15 is 0 Å². The summed E-state index contributed by atoms with van der Waals surface area (Å²) in [5.41, 5.74) is -0.890. The van der Waals surface area contributed by atoms with E-state index in [-0.39, 0.29) is 11.4 Å². The fourth-order valence-electron chi connectivity index (χ4n) is 1.27. The van der Waals surface area contributed by atoms with Gasteiger partial charge in [-0.2, -0.15) is 13.2 Å². The molecule has 0 spiro atoms. The van der Waals surface area contributed by atoms with Crippen molar-refractivity contribution >= 4 is 17.7 Å². The maximum Gasteiger partial charge on any atom is 0.417 e. The van der Waals surface area contributed by atoms with Crippen molar-refractivity contribution in [1.82, 2.24) is 4.98 Å². The first kappa shape index (κ1) is 15.8. The van der Waals surface area contributed by atoms with Gasteiger partial charge in [-0.3, -0.25) is 4.79 Å². The minimum atomic E-state index is -4.47. The average molecular weight is 295 g/mol. The predicted molar refractivity (Wildman–Crippen MR) is 62.8 cm³/mol. The van der Waals surface area contributed by atoms with Crippen molar-refractivity contribution in [3.63, 3.8) is 0 Å². The molecule has 0 aliphatic heterocycles. The highest BCUT2D eigenvalue weighted by Crippen LogP contribution is 2.31. The number of hydrogen-bond acceptors (Lipinski definition) is 4. The maximum absolute atomic E-state index is 12.3. The molecule has 2 atom stereocenters. The van der Waals surface area contributed by atoms with E-state index in [0.717, 1.165) is 23.9 Å². The van der Waals surface area contributed by atoms with E-state index in [4.69, 9.17) is 10.2 Å². The Labute approximate surface area is 111 Å². The number of nitrogens with zero attached hydrogens (tertiary/aromatic N) is 1. The van der Waals surface area contributed by atoms with Gasteiger partial charge in [0, 0.05) is 6.20 Å². The van der Waals surface area contributed by atoms with Crippen molar-refractivity contribution in [2.75, 3.05) is 0 Å². The van der Waals surface area contributed by atoms with Gasteiger partial charge >= 0.3 is 12.1 Å². The van der Waals surface area contributed by atoms with Gasteiger partial charge in [0.15, 0.2) is 0 Å². The summed E-state index contributed by atoms with van der Waals surface area (Å²) in [5, 5.41) is 17.3. The van der Waals surface area contributed by atoms with E-state index in [1.165, 1.54) is 6.92 Å². The number of carbonyl (C=O) groups is 1. The topological polar surface area (TPSA) is 70.4 Å². The Balaban J connectivity index is 2.78. The first-order valence-electron chi connectivity index (χ1n) is 5.31. The van der Waals surface area contributed by atoms with E-state index in [9.17, 15) is 18.0 Å². The molecule has 19 heavy (non-hydrogen) atoms. The van der Waals surface area contributed by atoms with Gasteiger partial charge in [-0.05, 0) is 25.5 Å². The van der Waals surface area contributed by atoms with E-state index in [1.807, 2.05) is 0 Å². The number of pyridine rings is 1. The van der Waals surface area contributed by atoms with Crippen molar-refractivity contribution in [2.24, 2.45) is 0 Å². The summed E-state index contributed by atoms with van der Waals surface area (Å²) in [7, 11) is 0. The molecule has 0 unspecified atom stereocenters. The maximum atomic E-state index is 12.3. The van der Waals surface area contributed by atoms with Crippen LogP contribution in [0.2, 0.25) is 0 Å².